The van der Waals surface area contributed by atoms with Gasteiger partial charge in [0.1, 0.15) is 11.7 Å². The van der Waals surface area contributed by atoms with E-state index in [0.717, 1.165) is 24.6 Å². The van der Waals surface area contributed by atoms with Crippen molar-refractivity contribution >= 4 is 5.91 Å². The first-order valence-corrected chi connectivity index (χ1v) is 8.55. The molecule has 1 aromatic heterocycles. The van der Waals surface area contributed by atoms with Gasteiger partial charge >= 0.3 is 0 Å². The fourth-order valence-electron chi connectivity index (χ4n) is 3.40. The summed E-state index contributed by atoms with van der Waals surface area (Å²) in [5, 5.41) is 8.75. The molecule has 2 aromatic rings. The summed E-state index contributed by atoms with van der Waals surface area (Å²) in [7, 11) is 1.66. The van der Waals surface area contributed by atoms with E-state index in [1.807, 2.05) is 39.9 Å². The van der Waals surface area contributed by atoms with Crippen molar-refractivity contribution in [1.82, 2.24) is 19.9 Å². The topological polar surface area (TPSA) is 60.3 Å². The van der Waals surface area contributed by atoms with Crippen molar-refractivity contribution in [2.24, 2.45) is 5.92 Å². The number of carbonyl (C=O) groups excluding carboxylic acids is 1. The lowest BCUT2D eigenvalue weighted by Gasteiger charge is -2.34. The number of hydrogen-bond acceptors (Lipinski definition) is 4. The van der Waals surface area contributed by atoms with E-state index in [9.17, 15) is 4.79 Å². The minimum absolute atomic E-state index is 0.0278. The largest absolute Gasteiger partial charge is 0.382 e. The Balaban J connectivity index is 1.62. The van der Waals surface area contributed by atoms with E-state index in [-0.39, 0.29) is 11.9 Å². The third-order valence-corrected chi connectivity index (χ3v) is 4.88. The first-order valence-electron chi connectivity index (χ1n) is 8.55. The molecule has 126 valence electrons. The molecule has 1 saturated carbocycles. The molecular weight excluding hydrogens is 304 g/mol. The summed E-state index contributed by atoms with van der Waals surface area (Å²) in [5.41, 5.74) is 2.77. The molecule has 1 aliphatic carbocycles. The van der Waals surface area contributed by atoms with Crippen molar-refractivity contribution in [1.29, 1.82) is 0 Å². The molecule has 2 heterocycles. The van der Waals surface area contributed by atoms with Crippen LogP contribution in [-0.4, -0.2) is 46.1 Å². The number of benzene rings is 1. The number of nitrogens with zero attached hydrogens (tertiary/aromatic N) is 4. The molecule has 1 aliphatic heterocycles. The quantitative estimate of drug-likeness (QED) is 0.844. The SMILES string of the molecule is COCC1c2nnn(CC3CC3)c2CCN1C(=O)c1ccccc1. The van der Waals surface area contributed by atoms with Gasteiger partial charge in [-0.1, -0.05) is 23.4 Å². The second-order valence-corrected chi connectivity index (χ2v) is 6.63. The third kappa shape index (κ3) is 2.82. The standard InChI is InChI=1S/C18H22N4O2/c1-24-12-16-17-15(22(20-19-17)11-13-7-8-13)9-10-21(16)18(23)14-5-3-2-4-6-14/h2-6,13,16H,7-12H2,1H3. The highest BCUT2D eigenvalue weighted by Gasteiger charge is 2.36. The van der Waals surface area contributed by atoms with Crippen LogP contribution in [0.4, 0.5) is 0 Å². The van der Waals surface area contributed by atoms with Crippen LogP contribution >= 0.6 is 0 Å². The smallest absolute Gasteiger partial charge is 0.254 e. The highest BCUT2D eigenvalue weighted by atomic mass is 16.5. The molecule has 6 heteroatoms. The van der Waals surface area contributed by atoms with Gasteiger partial charge in [0.2, 0.25) is 0 Å². The number of aromatic nitrogens is 3. The Kier molecular flexibility index (Phi) is 4.06. The summed E-state index contributed by atoms with van der Waals surface area (Å²) in [5.74, 6) is 0.778. The third-order valence-electron chi connectivity index (χ3n) is 4.88. The van der Waals surface area contributed by atoms with Crippen LogP contribution in [0, 0.1) is 5.92 Å². The van der Waals surface area contributed by atoms with Gasteiger partial charge in [0, 0.05) is 32.2 Å². The summed E-state index contributed by atoms with van der Waals surface area (Å²) in [6, 6.07) is 9.23. The van der Waals surface area contributed by atoms with Crippen LogP contribution in [0.5, 0.6) is 0 Å². The maximum Gasteiger partial charge on any atom is 0.254 e. The van der Waals surface area contributed by atoms with E-state index in [2.05, 4.69) is 10.3 Å². The van der Waals surface area contributed by atoms with Gasteiger partial charge in [-0.2, -0.15) is 0 Å². The number of ether oxygens (including phenoxy) is 1. The van der Waals surface area contributed by atoms with Gasteiger partial charge in [0.05, 0.1) is 12.3 Å². The van der Waals surface area contributed by atoms with Crippen LogP contribution in [0.3, 0.4) is 0 Å². The lowest BCUT2D eigenvalue weighted by molar-refractivity contribution is 0.0490. The molecule has 4 rings (SSSR count). The van der Waals surface area contributed by atoms with Crippen LogP contribution in [-0.2, 0) is 17.7 Å². The van der Waals surface area contributed by atoms with Crippen LogP contribution < -0.4 is 0 Å². The number of carbonyl (C=O) groups is 1. The molecule has 1 fully saturated rings. The molecule has 0 saturated heterocycles. The van der Waals surface area contributed by atoms with Crippen LogP contribution in [0.25, 0.3) is 0 Å². The second kappa shape index (κ2) is 6.36. The number of rotatable bonds is 5. The Hall–Kier alpha value is -2.21. The molecule has 6 nitrogen and oxygen atoms in total. The van der Waals surface area contributed by atoms with E-state index >= 15 is 0 Å². The first kappa shape index (κ1) is 15.3. The van der Waals surface area contributed by atoms with Crippen molar-refractivity contribution in [3.8, 4) is 0 Å². The van der Waals surface area contributed by atoms with Crippen molar-refractivity contribution in [2.45, 2.75) is 31.8 Å². The molecule has 24 heavy (non-hydrogen) atoms. The van der Waals surface area contributed by atoms with Crippen LogP contribution in [0.15, 0.2) is 30.3 Å². The van der Waals surface area contributed by atoms with Gasteiger partial charge in [-0.3, -0.25) is 4.79 Å². The highest BCUT2D eigenvalue weighted by Crippen LogP contribution is 2.34. The van der Waals surface area contributed by atoms with Gasteiger partial charge in [0.25, 0.3) is 5.91 Å². The summed E-state index contributed by atoms with van der Waals surface area (Å²) >= 11 is 0. The molecule has 1 amide bonds. The highest BCUT2D eigenvalue weighted by molar-refractivity contribution is 5.94. The normalized spacial score (nSPS) is 20.0. The number of methoxy groups -OCH3 is 1. The molecule has 2 aliphatic rings. The first-order chi connectivity index (χ1) is 11.8. The lowest BCUT2D eigenvalue weighted by Crippen LogP contribution is -2.42. The van der Waals surface area contributed by atoms with Gasteiger partial charge in [-0.05, 0) is 30.9 Å². The van der Waals surface area contributed by atoms with Crippen molar-refractivity contribution in [2.75, 3.05) is 20.3 Å². The zero-order valence-corrected chi connectivity index (χ0v) is 13.9. The summed E-state index contributed by atoms with van der Waals surface area (Å²) < 4.78 is 7.43. The maximum atomic E-state index is 12.9. The minimum Gasteiger partial charge on any atom is -0.382 e. The van der Waals surface area contributed by atoms with Crippen molar-refractivity contribution in [3.05, 3.63) is 47.3 Å². The van der Waals surface area contributed by atoms with Crippen molar-refractivity contribution < 1.29 is 9.53 Å². The van der Waals surface area contributed by atoms with E-state index in [1.54, 1.807) is 7.11 Å². The number of amides is 1. The van der Waals surface area contributed by atoms with Gasteiger partial charge in [-0.15, -0.1) is 5.10 Å². The fraction of sp³-hybridized carbons (Fsp3) is 0.500. The fourth-order valence-corrected chi connectivity index (χ4v) is 3.40. The molecule has 0 bridgehead atoms. The van der Waals surface area contributed by atoms with E-state index in [1.165, 1.54) is 18.5 Å². The maximum absolute atomic E-state index is 12.9. The lowest BCUT2D eigenvalue weighted by atomic mass is 10.0. The molecule has 0 spiro atoms. The van der Waals surface area contributed by atoms with Gasteiger partial charge < -0.3 is 9.64 Å². The average molecular weight is 326 g/mol. The molecule has 1 unspecified atom stereocenters. The van der Waals surface area contributed by atoms with Crippen molar-refractivity contribution in [3.63, 3.8) is 0 Å². The average Bonchev–Trinajstić information content (AvgIpc) is 3.34. The predicted molar refractivity (Wildman–Crippen MR) is 88.5 cm³/mol. The Morgan fingerprint density at radius 2 is 2.08 bits per heavy atom. The van der Waals surface area contributed by atoms with E-state index < -0.39 is 0 Å². The molecule has 0 N–H and O–H groups in total. The predicted octanol–water partition coefficient (Wildman–Crippen LogP) is 2.07. The van der Waals surface area contributed by atoms with Crippen LogP contribution in [0.1, 0.15) is 40.6 Å². The Labute approximate surface area is 141 Å². The Bertz CT molecular complexity index is 724. The summed E-state index contributed by atoms with van der Waals surface area (Å²) in [6.45, 7) is 2.06. The monoisotopic (exact) mass is 326 g/mol. The minimum atomic E-state index is -0.167. The Morgan fingerprint density at radius 3 is 2.79 bits per heavy atom. The molecule has 1 atom stereocenters. The zero-order chi connectivity index (χ0) is 16.5. The van der Waals surface area contributed by atoms with Crippen LogP contribution in [0.2, 0.25) is 0 Å². The van der Waals surface area contributed by atoms with E-state index in [4.69, 9.17) is 4.74 Å². The molecule has 1 aromatic carbocycles. The Morgan fingerprint density at radius 1 is 1.29 bits per heavy atom. The molecular formula is C18H22N4O2. The van der Waals surface area contributed by atoms with Gasteiger partial charge in [-0.25, -0.2) is 4.68 Å². The number of hydrogen-bond donors (Lipinski definition) is 0. The molecule has 0 radical (unpaired) electrons. The second-order valence-electron chi connectivity index (χ2n) is 6.63. The van der Waals surface area contributed by atoms with E-state index in [0.29, 0.717) is 18.7 Å². The summed E-state index contributed by atoms with van der Waals surface area (Å²) in [6.07, 6.45) is 3.37. The zero-order valence-electron chi connectivity index (χ0n) is 13.9. The summed E-state index contributed by atoms with van der Waals surface area (Å²) in [4.78, 5) is 14.8. The van der Waals surface area contributed by atoms with Gasteiger partial charge in [0.15, 0.2) is 0 Å². The number of fused-ring (bicyclic) bond motifs is 1.